The van der Waals surface area contributed by atoms with Gasteiger partial charge in [-0.3, -0.25) is 0 Å². The van der Waals surface area contributed by atoms with Gasteiger partial charge in [-0.1, -0.05) is 18.2 Å². The van der Waals surface area contributed by atoms with Gasteiger partial charge in [-0.25, -0.2) is 4.98 Å². The standard InChI is InChI=1S/C14H13N3/c1-8-6-12-10(14(16)13(8)15)7-9-4-2-3-5-11(9)17-12/h2-7H,15-16H2,1H3. The van der Waals surface area contributed by atoms with Crippen LogP contribution in [0.15, 0.2) is 36.4 Å². The second-order valence-electron chi connectivity index (χ2n) is 4.27. The molecule has 0 aliphatic rings. The lowest BCUT2D eigenvalue weighted by Crippen LogP contribution is -1.99. The van der Waals surface area contributed by atoms with Crippen LogP contribution in [0.25, 0.3) is 21.8 Å². The molecule has 2 aromatic carbocycles. The van der Waals surface area contributed by atoms with Gasteiger partial charge in [0.15, 0.2) is 0 Å². The average Bonchev–Trinajstić information content (AvgIpc) is 2.34. The molecule has 0 saturated carbocycles. The molecule has 3 nitrogen and oxygen atoms in total. The Kier molecular flexibility index (Phi) is 1.95. The van der Waals surface area contributed by atoms with Crippen molar-refractivity contribution in [3.05, 3.63) is 42.0 Å². The maximum atomic E-state index is 6.05. The monoisotopic (exact) mass is 223 g/mol. The topological polar surface area (TPSA) is 64.9 Å². The molecule has 0 atom stereocenters. The van der Waals surface area contributed by atoms with Gasteiger partial charge in [-0.05, 0) is 30.7 Å². The van der Waals surface area contributed by atoms with Crippen molar-refractivity contribution in [1.29, 1.82) is 0 Å². The number of pyridine rings is 1. The number of rotatable bonds is 0. The fourth-order valence-electron chi connectivity index (χ4n) is 2.10. The minimum atomic E-state index is 0.623. The minimum absolute atomic E-state index is 0.623. The molecule has 0 fully saturated rings. The molecule has 1 aromatic heterocycles. The van der Waals surface area contributed by atoms with Gasteiger partial charge in [0, 0.05) is 10.8 Å². The van der Waals surface area contributed by atoms with Crippen LogP contribution in [0.3, 0.4) is 0 Å². The summed E-state index contributed by atoms with van der Waals surface area (Å²) >= 11 is 0. The van der Waals surface area contributed by atoms with Crippen LogP contribution in [0.2, 0.25) is 0 Å². The first-order valence-electron chi connectivity index (χ1n) is 5.51. The van der Waals surface area contributed by atoms with Gasteiger partial charge < -0.3 is 11.5 Å². The van der Waals surface area contributed by atoms with E-state index in [1.54, 1.807) is 0 Å². The van der Waals surface area contributed by atoms with Crippen LogP contribution < -0.4 is 11.5 Å². The molecule has 0 aliphatic carbocycles. The van der Waals surface area contributed by atoms with Crippen molar-refractivity contribution in [1.82, 2.24) is 4.98 Å². The van der Waals surface area contributed by atoms with Crippen LogP contribution in [0, 0.1) is 6.92 Å². The molecule has 1 heterocycles. The summed E-state index contributed by atoms with van der Waals surface area (Å²) in [7, 11) is 0. The van der Waals surface area contributed by atoms with Crippen LogP contribution >= 0.6 is 0 Å². The summed E-state index contributed by atoms with van der Waals surface area (Å²) in [6, 6.07) is 12.0. The normalized spacial score (nSPS) is 11.1. The van der Waals surface area contributed by atoms with E-state index in [1.165, 1.54) is 0 Å². The van der Waals surface area contributed by atoms with Gasteiger partial charge in [-0.15, -0.1) is 0 Å². The Hall–Kier alpha value is -2.29. The van der Waals surface area contributed by atoms with Crippen molar-refractivity contribution in [3.63, 3.8) is 0 Å². The van der Waals surface area contributed by atoms with Gasteiger partial charge in [-0.2, -0.15) is 0 Å². The lowest BCUT2D eigenvalue weighted by molar-refractivity contribution is 1.44. The number of nitrogens with zero attached hydrogens (tertiary/aromatic N) is 1. The Balaban J connectivity index is 2.52. The first-order valence-corrected chi connectivity index (χ1v) is 5.51. The Morgan fingerprint density at radius 1 is 0.941 bits per heavy atom. The van der Waals surface area contributed by atoms with E-state index in [0.717, 1.165) is 27.4 Å². The number of para-hydroxylation sites is 1. The SMILES string of the molecule is Cc1cc2nc3ccccc3cc2c(N)c1N. The Morgan fingerprint density at radius 3 is 2.53 bits per heavy atom. The molecule has 17 heavy (non-hydrogen) atoms. The zero-order valence-electron chi connectivity index (χ0n) is 9.57. The smallest absolute Gasteiger partial charge is 0.0734 e. The van der Waals surface area contributed by atoms with Crippen molar-refractivity contribution < 1.29 is 0 Å². The van der Waals surface area contributed by atoms with Gasteiger partial charge in [0.05, 0.1) is 22.4 Å². The van der Waals surface area contributed by atoms with E-state index in [2.05, 4.69) is 4.98 Å². The van der Waals surface area contributed by atoms with Gasteiger partial charge in [0.2, 0.25) is 0 Å². The third-order valence-corrected chi connectivity index (χ3v) is 3.11. The Morgan fingerprint density at radius 2 is 1.71 bits per heavy atom. The van der Waals surface area contributed by atoms with Crippen molar-refractivity contribution in [2.75, 3.05) is 11.5 Å². The number of anilines is 2. The number of aryl methyl sites for hydroxylation is 1. The van der Waals surface area contributed by atoms with Crippen molar-refractivity contribution >= 4 is 33.2 Å². The highest BCUT2D eigenvalue weighted by molar-refractivity contribution is 6.03. The first-order chi connectivity index (χ1) is 8.16. The van der Waals surface area contributed by atoms with E-state index in [9.17, 15) is 0 Å². The van der Waals surface area contributed by atoms with E-state index >= 15 is 0 Å². The molecule has 84 valence electrons. The summed E-state index contributed by atoms with van der Waals surface area (Å²) in [4.78, 5) is 4.60. The highest BCUT2D eigenvalue weighted by Gasteiger charge is 2.07. The highest BCUT2D eigenvalue weighted by atomic mass is 14.7. The highest BCUT2D eigenvalue weighted by Crippen LogP contribution is 2.31. The molecular formula is C14H13N3. The third-order valence-electron chi connectivity index (χ3n) is 3.11. The van der Waals surface area contributed by atoms with E-state index in [-0.39, 0.29) is 0 Å². The van der Waals surface area contributed by atoms with Gasteiger partial charge in [0.25, 0.3) is 0 Å². The molecule has 0 saturated heterocycles. The predicted octanol–water partition coefficient (Wildman–Crippen LogP) is 2.86. The third kappa shape index (κ3) is 1.40. The second kappa shape index (κ2) is 3.35. The van der Waals surface area contributed by atoms with Gasteiger partial charge in [0.1, 0.15) is 0 Å². The zero-order chi connectivity index (χ0) is 12.0. The molecule has 3 heteroatoms. The van der Waals surface area contributed by atoms with E-state index in [1.807, 2.05) is 43.3 Å². The number of fused-ring (bicyclic) bond motifs is 2. The van der Waals surface area contributed by atoms with Crippen LogP contribution in [-0.4, -0.2) is 4.98 Å². The number of aromatic nitrogens is 1. The summed E-state index contributed by atoms with van der Waals surface area (Å²) < 4.78 is 0. The fraction of sp³-hybridized carbons (Fsp3) is 0.0714. The molecule has 4 N–H and O–H groups in total. The van der Waals surface area contributed by atoms with Crippen LogP contribution in [0.5, 0.6) is 0 Å². The number of nitrogen functional groups attached to an aromatic ring is 2. The molecular weight excluding hydrogens is 210 g/mol. The van der Waals surface area contributed by atoms with Crippen molar-refractivity contribution in [2.45, 2.75) is 6.92 Å². The van der Waals surface area contributed by atoms with Crippen molar-refractivity contribution in [2.24, 2.45) is 0 Å². The summed E-state index contributed by atoms with van der Waals surface area (Å²) in [5.41, 5.74) is 16.1. The average molecular weight is 223 g/mol. The number of hydrogen-bond acceptors (Lipinski definition) is 3. The van der Waals surface area contributed by atoms with Crippen LogP contribution in [0.4, 0.5) is 11.4 Å². The molecule has 0 aliphatic heterocycles. The molecule has 0 amide bonds. The number of nitrogens with two attached hydrogens (primary N) is 2. The molecule has 0 unspecified atom stereocenters. The van der Waals surface area contributed by atoms with E-state index in [0.29, 0.717) is 11.4 Å². The predicted molar refractivity (Wildman–Crippen MR) is 72.8 cm³/mol. The zero-order valence-corrected chi connectivity index (χ0v) is 9.57. The molecule has 0 radical (unpaired) electrons. The summed E-state index contributed by atoms with van der Waals surface area (Å²) in [6.45, 7) is 1.95. The lowest BCUT2D eigenvalue weighted by atomic mass is 10.1. The van der Waals surface area contributed by atoms with E-state index < -0.39 is 0 Å². The summed E-state index contributed by atoms with van der Waals surface area (Å²) in [6.07, 6.45) is 0. The summed E-state index contributed by atoms with van der Waals surface area (Å²) in [5.74, 6) is 0. The number of benzene rings is 2. The second-order valence-corrected chi connectivity index (χ2v) is 4.27. The maximum Gasteiger partial charge on any atom is 0.0734 e. The molecule has 3 aromatic rings. The summed E-state index contributed by atoms with van der Waals surface area (Å²) in [5, 5.41) is 2.00. The lowest BCUT2D eigenvalue weighted by Gasteiger charge is -2.09. The largest absolute Gasteiger partial charge is 0.397 e. The molecule has 3 rings (SSSR count). The molecule has 0 spiro atoms. The van der Waals surface area contributed by atoms with E-state index in [4.69, 9.17) is 11.5 Å². The quantitative estimate of drug-likeness (QED) is 0.455. The maximum absolute atomic E-state index is 6.05. The fourth-order valence-corrected chi connectivity index (χ4v) is 2.10. The Labute approximate surface area is 99.1 Å². The van der Waals surface area contributed by atoms with Crippen LogP contribution in [0.1, 0.15) is 5.56 Å². The van der Waals surface area contributed by atoms with Gasteiger partial charge >= 0.3 is 0 Å². The van der Waals surface area contributed by atoms with Crippen LogP contribution in [-0.2, 0) is 0 Å². The Bertz CT molecular complexity index is 732. The number of hydrogen-bond donors (Lipinski definition) is 2. The first kappa shape index (κ1) is 9.90. The van der Waals surface area contributed by atoms with Crippen molar-refractivity contribution in [3.8, 4) is 0 Å². The molecule has 0 bridgehead atoms. The minimum Gasteiger partial charge on any atom is -0.397 e.